The number of carbonyl (C=O) groups excluding carboxylic acids is 1. The van der Waals surface area contributed by atoms with Gasteiger partial charge < -0.3 is 9.47 Å². The smallest absolute Gasteiger partial charge is 0.437 e. The molecule has 1 rings (SSSR count). The third kappa shape index (κ3) is 2.98. The second-order valence-electron chi connectivity index (χ2n) is 3.75. The number of benzene rings is 1. The van der Waals surface area contributed by atoms with Crippen LogP contribution in [0.3, 0.4) is 0 Å². The maximum absolute atomic E-state index is 11.0. The normalized spacial score (nSPS) is 10.2. The van der Waals surface area contributed by atoms with Crippen molar-refractivity contribution in [2.75, 3.05) is 7.11 Å². The summed E-state index contributed by atoms with van der Waals surface area (Å²) in [6.45, 7) is 6.05. The first-order valence-corrected chi connectivity index (χ1v) is 4.91. The van der Waals surface area contributed by atoms with E-state index in [4.69, 9.17) is 4.74 Å². The van der Waals surface area contributed by atoms with Crippen molar-refractivity contribution in [3.63, 3.8) is 0 Å². The van der Waals surface area contributed by atoms with Crippen LogP contribution in [-0.4, -0.2) is 13.3 Å². The van der Waals surface area contributed by atoms with Crippen LogP contribution in [-0.2, 0) is 4.74 Å². The lowest BCUT2D eigenvalue weighted by Crippen LogP contribution is -2.09. The van der Waals surface area contributed by atoms with Crippen LogP contribution in [0, 0.1) is 6.92 Å². The summed E-state index contributed by atoms with van der Waals surface area (Å²) >= 11 is 0. The minimum atomic E-state index is -0.678. The summed E-state index contributed by atoms with van der Waals surface area (Å²) in [4.78, 5) is 11.0. The highest BCUT2D eigenvalue weighted by Gasteiger charge is 2.11. The topological polar surface area (TPSA) is 35.5 Å². The van der Waals surface area contributed by atoms with Gasteiger partial charge in [-0.2, -0.15) is 0 Å². The Kier molecular flexibility index (Phi) is 3.72. The average molecular weight is 208 g/mol. The number of hydrogen-bond donors (Lipinski definition) is 0. The molecule has 3 nitrogen and oxygen atoms in total. The zero-order valence-corrected chi connectivity index (χ0v) is 9.53. The molecule has 1 aromatic rings. The SMILES string of the molecule is COC(=O)Oc1cc(C)ccc1C(C)C. The Labute approximate surface area is 90.0 Å². The minimum Gasteiger partial charge on any atom is -0.437 e. The van der Waals surface area contributed by atoms with E-state index in [1.165, 1.54) is 7.11 Å². The number of carbonyl (C=O) groups is 1. The average Bonchev–Trinajstić information content (AvgIpc) is 2.17. The van der Waals surface area contributed by atoms with E-state index in [1.54, 1.807) is 0 Å². The third-order valence-electron chi connectivity index (χ3n) is 2.15. The summed E-state index contributed by atoms with van der Waals surface area (Å²) in [5.41, 5.74) is 2.06. The molecule has 0 amide bonds. The van der Waals surface area contributed by atoms with Crippen molar-refractivity contribution >= 4 is 6.16 Å². The van der Waals surface area contributed by atoms with Crippen molar-refractivity contribution in [2.45, 2.75) is 26.7 Å². The molecule has 15 heavy (non-hydrogen) atoms. The van der Waals surface area contributed by atoms with Crippen molar-refractivity contribution in [1.29, 1.82) is 0 Å². The van der Waals surface area contributed by atoms with Gasteiger partial charge in [-0.25, -0.2) is 4.79 Å². The molecule has 1 aromatic carbocycles. The van der Waals surface area contributed by atoms with Crippen LogP contribution in [0.2, 0.25) is 0 Å². The Morgan fingerprint density at radius 2 is 2.00 bits per heavy atom. The fraction of sp³-hybridized carbons (Fsp3) is 0.417. The Morgan fingerprint density at radius 3 is 2.53 bits per heavy atom. The van der Waals surface area contributed by atoms with Gasteiger partial charge in [-0.1, -0.05) is 26.0 Å². The van der Waals surface area contributed by atoms with E-state index in [1.807, 2.05) is 25.1 Å². The number of hydrogen-bond acceptors (Lipinski definition) is 3. The molecule has 0 saturated heterocycles. The summed E-state index contributed by atoms with van der Waals surface area (Å²) in [5, 5.41) is 0. The zero-order chi connectivity index (χ0) is 11.4. The monoisotopic (exact) mass is 208 g/mol. The molecule has 0 spiro atoms. The molecule has 0 N–H and O–H groups in total. The van der Waals surface area contributed by atoms with Crippen LogP contribution >= 0.6 is 0 Å². The Morgan fingerprint density at radius 1 is 1.33 bits per heavy atom. The van der Waals surface area contributed by atoms with Crippen molar-refractivity contribution in [1.82, 2.24) is 0 Å². The standard InChI is InChI=1S/C12H16O3/c1-8(2)10-6-5-9(3)7-11(10)15-12(13)14-4/h5-8H,1-4H3. The molecule has 0 radical (unpaired) electrons. The first kappa shape index (κ1) is 11.6. The Balaban J connectivity index is 3.02. The molecule has 0 saturated carbocycles. The van der Waals surface area contributed by atoms with Gasteiger partial charge in [-0.3, -0.25) is 0 Å². The quantitative estimate of drug-likeness (QED) is 0.552. The second kappa shape index (κ2) is 4.82. The fourth-order valence-electron chi connectivity index (χ4n) is 1.34. The second-order valence-corrected chi connectivity index (χ2v) is 3.75. The van der Waals surface area contributed by atoms with Gasteiger partial charge in [0.25, 0.3) is 0 Å². The van der Waals surface area contributed by atoms with E-state index < -0.39 is 6.16 Å². The Hall–Kier alpha value is -1.51. The molecule has 3 heteroatoms. The van der Waals surface area contributed by atoms with Crippen molar-refractivity contribution in [3.8, 4) is 5.75 Å². The van der Waals surface area contributed by atoms with Gasteiger partial charge in [0.2, 0.25) is 0 Å². The summed E-state index contributed by atoms with van der Waals surface area (Å²) in [6.07, 6.45) is -0.678. The first-order valence-electron chi connectivity index (χ1n) is 4.91. The van der Waals surface area contributed by atoms with Crippen LogP contribution in [0.1, 0.15) is 30.9 Å². The van der Waals surface area contributed by atoms with E-state index in [2.05, 4.69) is 18.6 Å². The molecule has 0 unspecified atom stereocenters. The molecule has 0 heterocycles. The summed E-state index contributed by atoms with van der Waals surface area (Å²) in [7, 11) is 1.30. The first-order chi connectivity index (χ1) is 7.04. The number of rotatable bonds is 2. The third-order valence-corrected chi connectivity index (χ3v) is 2.15. The fourth-order valence-corrected chi connectivity index (χ4v) is 1.34. The van der Waals surface area contributed by atoms with Gasteiger partial charge in [-0.15, -0.1) is 0 Å². The zero-order valence-electron chi connectivity index (χ0n) is 9.53. The van der Waals surface area contributed by atoms with E-state index in [-0.39, 0.29) is 0 Å². The largest absolute Gasteiger partial charge is 0.513 e. The molecular weight excluding hydrogens is 192 g/mol. The summed E-state index contributed by atoms with van der Waals surface area (Å²) in [5.74, 6) is 0.891. The van der Waals surface area contributed by atoms with Gasteiger partial charge in [0.05, 0.1) is 7.11 Å². The molecule has 0 atom stereocenters. The summed E-state index contributed by atoms with van der Waals surface area (Å²) in [6, 6.07) is 5.81. The highest BCUT2D eigenvalue weighted by Crippen LogP contribution is 2.27. The molecular formula is C12H16O3. The lowest BCUT2D eigenvalue weighted by Gasteiger charge is -2.12. The number of aryl methyl sites for hydroxylation is 1. The molecule has 0 aromatic heterocycles. The van der Waals surface area contributed by atoms with E-state index in [0.717, 1.165) is 11.1 Å². The van der Waals surface area contributed by atoms with Gasteiger partial charge >= 0.3 is 6.16 Å². The number of methoxy groups -OCH3 is 1. The van der Waals surface area contributed by atoms with E-state index >= 15 is 0 Å². The van der Waals surface area contributed by atoms with Crippen molar-refractivity contribution in [2.24, 2.45) is 0 Å². The highest BCUT2D eigenvalue weighted by molar-refractivity contribution is 5.64. The van der Waals surface area contributed by atoms with Crippen LogP contribution in [0.5, 0.6) is 5.75 Å². The van der Waals surface area contributed by atoms with Gasteiger partial charge in [0, 0.05) is 0 Å². The van der Waals surface area contributed by atoms with Crippen LogP contribution in [0.25, 0.3) is 0 Å². The Bertz CT molecular complexity index is 356. The van der Waals surface area contributed by atoms with E-state index in [0.29, 0.717) is 11.7 Å². The maximum Gasteiger partial charge on any atom is 0.513 e. The molecule has 0 bridgehead atoms. The number of ether oxygens (including phenoxy) is 2. The highest BCUT2D eigenvalue weighted by atomic mass is 16.7. The predicted octanol–water partition coefficient (Wildman–Crippen LogP) is 3.26. The van der Waals surface area contributed by atoms with E-state index in [9.17, 15) is 4.79 Å². The molecule has 0 fully saturated rings. The van der Waals surface area contributed by atoms with Crippen LogP contribution < -0.4 is 4.74 Å². The van der Waals surface area contributed by atoms with Gasteiger partial charge in [0.1, 0.15) is 5.75 Å². The lowest BCUT2D eigenvalue weighted by molar-refractivity contribution is 0.121. The predicted molar refractivity (Wildman–Crippen MR) is 58.3 cm³/mol. The molecule has 0 aliphatic carbocycles. The van der Waals surface area contributed by atoms with Crippen LogP contribution in [0.4, 0.5) is 4.79 Å². The van der Waals surface area contributed by atoms with Gasteiger partial charge in [0.15, 0.2) is 0 Å². The lowest BCUT2D eigenvalue weighted by atomic mass is 10.0. The summed E-state index contributed by atoms with van der Waals surface area (Å²) < 4.78 is 9.54. The molecule has 82 valence electrons. The van der Waals surface area contributed by atoms with Crippen molar-refractivity contribution < 1.29 is 14.3 Å². The minimum absolute atomic E-state index is 0.310. The van der Waals surface area contributed by atoms with Crippen LogP contribution in [0.15, 0.2) is 18.2 Å². The molecule has 0 aliphatic heterocycles. The van der Waals surface area contributed by atoms with Crippen molar-refractivity contribution in [3.05, 3.63) is 29.3 Å². The van der Waals surface area contributed by atoms with Gasteiger partial charge in [-0.05, 0) is 30.0 Å². The molecule has 0 aliphatic rings. The maximum atomic E-state index is 11.0.